The highest BCUT2D eigenvalue weighted by Gasteiger charge is 2.09. The number of nitrogens with two attached hydrogens (primary N) is 1. The van der Waals surface area contributed by atoms with Gasteiger partial charge in [0.15, 0.2) is 5.82 Å². The number of anilines is 1. The van der Waals surface area contributed by atoms with Gasteiger partial charge in [-0.2, -0.15) is 0 Å². The van der Waals surface area contributed by atoms with Gasteiger partial charge in [-0.1, -0.05) is 17.9 Å². The molecule has 132 valence electrons. The third-order valence-electron chi connectivity index (χ3n) is 4.26. The summed E-state index contributed by atoms with van der Waals surface area (Å²) in [5.74, 6) is 7.63. The normalized spacial score (nSPS) is 11.8. The molecule has 0 aliphatic heterocycles. The minimum Gasteiger partial charge on any atom is -0.382 e. The van der Waals surface area contributed by atoms with Crippen molar-refractivity contribution < 1.29 is 0 Å². The molecule has 0 radical (unpaired) electrons. The summed E-state index contributed by atoms with van der Waals surface area (Å²) in [5, 5.41) is 3.86. The minimum atomic E-state index is 0.0949. The average Bonchev–Trinajstić information content (AvgIpc) is 3.22. The number of rotatable bonds is 2. The fraction of sp³-hybridized carbons (Fsp3) is 0.143. The molecule has 0 aliphatic carbocycles. The van der Waals surface area contributed by atoms with Crippen molar-refractivity contribution >= 4 is 28.1 Å². The second kappa shape index (κ2) is 7.14. The second-order valence-electron chi connectivity index (χ2n) is 6.22. The Morgan fingerprint density at radius 2 is 2.00 bits per heavy atom. The number of pyridine rings is 1. The Balaban J connectivity index is 1.72. The number of aryl methyl sites for hydroxylation is 1. The van der Waals surface area contributed by atoms with Crippen LogP contribution in [0.1, 0.15) is 29.0 Å². The molecule has 0 unspecified atom stereocenters. The van der Waals surface area contributed by atoms with Crippen LogP contribution in [-0.2, 0) is 0 Å². The third kappa shape index (κ3) is 3.50. The van der Waals surface area contributed by atoms with Crippen LogP contribution in [0, 0.1) is 18.8 Å². The van der Waals surface area contributed by atoms with Gasteiger partial charge >= 0.3 is 0 Å². The van der Waals surface area contributed by atoms with Gasteiger partial charge in [0.1, 0.15) is 16.3 Å². The number of aromatic nitrogens is 4. The third-order valence-corrected chi connectivity index (χ3v) is 5.22. The van der Waals surface area contributed by atoms with E-state index in [0.29, 0.717) is 17.2 Å². The summed E-state index contributed by atoms with van der Waals surface area (Å²) < 4.78 is 0. The molecular weight excluding hydrogens is 354 g/mol. The molecule has 3 aromatic heterocycles. The summed E-state index contributed by atoms with van der Waals surface area (Å²) >= 11 is 1.62. The van der Waals surface area contributed by atoms with Crippen molar-refractivity contribution in [2.75, 3.05) is 5.73 Å². The number of nitrogen functional groups attached to an aromatic ring is 1. The molecule has 0 amide bonds. The highest BCUT2D eigenvalue weighted by atomic mass is 32.1. The molecule has 0 fully saturated rings. The Labute approximate surface area is 161 Å². The number of hydrogen-bond donors (Lipinski definition) is 1. The first kappa shape index (κ1) is 17.1. The van der Waals surface area contributed by atoms with E-state index in [-0.39, 0.29) is 5.92 Å². The molecule has 3 heterocycles. The molecule has 4 rings (SSSR count). The smallest absolute Gasteiger partial charge is 0.160 e. The molecule has 1 aromatic carbocycles. The first-order valence-electron chi connectivity index (χ1n) is 8.51. The van der Waals surface area contributed by atoms with Crippen LogP contribution in [0.25, 0.3) is 22.3 Å². The average molecular weight is 371 g/mol. The van der Waals surface area contributed by atoms with Gasteiger partial charge in [0.25, 0.3) is 0 Å². The fourth-order valence-corrected chi connectivity index (χ4v) is 3.40. The summed E-state index contributed by atoms with van der Waals surface area (Å²) in [4.78, 5) is 17.6. The van der Waals surface area contributed by atoms with E-state index in [0.717, 1.165) is 27.1 Å². The van der Waals surface area contributed by atoms with E-state index < -0.39 is 0 Å². The SMILES string of the molecule is Cc1ccc(C#C[C@H](C)c2nccs2)cc1-c1ncc2ccnc(N)c2n1. The van der Waals surface area contributed by atoms with Gasteiger partial charge in [-0.15, -0.1) is 11.3 Å². The lowest BCUT2D eigenvalue weighted by Gasteiger charge is -2.07. The molecule has 0 bridgehead atoms. The summed E-state index contributed by atoms with van der Waals surface area (Å²) in [6, 6.07) is 7.92. The highest BCUT2D eigenvalue weighted by Crippen LogP contribution is 2.24. The van der Waals surface area contributed by atoms with Gasteiger partial charge < -0.3 is 5.73 Å². The Morgan fingerprint density at radius 3 is 2.81 bits per heavy atom. The summed E-state index contributed by atoms with van der Waals surface area (Å²) in [6.07, 6.45) is 5.24. The van der Waals surface area contributed by atoms with Crippen molar-refractivity contribution in [3.63, 3.8) is 0 Å². The van der Waals surface area contributed by atoms with Gasteiger partial charge in [-0.25, -0.2) is 19.9 Å². The van der Waals surface area contributed by atoms with Gasteiger partial charge in [0.05, 0.1) is 5.92 Å². The zero-order chi connectivity index (χ0) is 18.8. The number of benzene rings is 1. The maximum absolute atomic E-state index is 5.97. The summed E-state index contributed by atoms with van der Waals surface area (Å²) in [7, 11) is 0. The lowest BCUT2D eigenvalue weighted by atomic mass is 10.0. The monoisotopic (exact) mass is 371 g/mol. The Hall–Kier alpha value is -3.30. The van der Waals surface area contributed by atoms with E-state index in [4.69, 9.17) is 5.73 Å². The molecular formula is C21H17N5S. The van der Waals surface area contributed by atoms with Crippen molar-refractivity contribution in [2.24, 2.45) is 0 Å². The van der Waals surface area contributed by atoms with Crippen molar-refractivity contribution in [1.29, 1.82) is 0 Å². The topological polar surface area (TPSA) is 77.6 Å². The van der Waals surface area contributed by atoms with Crippen LogP contribution in [-0.4, -0.2) is 19.9 Å². The van der Waals surface area contributed by atoms with Crippen LogP contribution < -0.4 is 5.73 Å². The second-order valence-corrected chi connectivity index (χ2v) is 7.14. The van der Waals surface area contributed by atoms with Crippen molar-refractivity contribution in [3.8, 4) is 23.2 Å². The molecule has 2 N–H and O–H groups in total. The number of hydrogen-bond acceptors (Lipinski definition) is 6. The molecule has 0 saturated carbocycles. The quantitative estimate of drug-likeness (QED) is 0.535. The molecule has 6 heteroatoms. The van der Waals surface area contributed by atoms with Gasteiger partial charge in [0.2, 0.25) is 0 Å². The molecule has 0 spiro atoms. The zero-order valence-electron chi connectivity index (χ0n) is 15.0. The zero-order valence-corrected chi connectivity index (χ0v) is 15.8. The first-order valence-corrected chi connectivity index (χ1v) is 9.39. The molecule has 5 nitrogen and oxygen atoms in total. The Kier molecular flexibility index (Phi) is 4.53. The van der Waals surface area contributed by atoms with Crippen LogP contribution in [0.15, 0.2) is 48.2 Å². The maximum Gasteiger partial charge on any atom is 0.160 e. The summed E-state index contributed by atoms with van der Waals surface area (Å²) in [6.45, 7) is 4.09. The molecule has 0 aliphatic rings. The first-order chi connectivity index (χ1) is 13.1. The van der Waals surface area contributed by atoms with E-state index in [1.165, 1.54) is 0 Å². The van der Waals surface area contributed by atoms with E-state index >= 15 is 0 Å². The minimum absolute atomic E-state index is 0.0949. The summed E-state index contributed by atoms with van der Waals surface area (Å²) in [5.41, 5.74) is 9.57. The Bertz CT molecular complexity index is 1170. The van der Waals surface area contributed by atoms with Crippen LogP contribution >= 0.6 is 11.3 Å². The predicted octanol–water partition coefficient (Wildman–Crippen LogP) is 4.19. The van der Waals surface area contributed by atoms with Crippen molar-refractivity contribution in [3.05, 3.63) is 64.4 Å². The largest absolute Gasteiger partial charge is 0.382 e. The predicted molar refractivity (Wildman–Crippen MR) is 109 cm³/mol. The van der Waals surface area contributed by atoms with E-state index in [1.54, 1.807) is 29.9 Å². The van der Waals surface area contributed by atoms with Crippen molar-refractivity contribution in [1.82, 2.24) is 19.9 Å². The standard InChI is InChI=1S/C21H17N5S/c1-13-3-5-15(6-4-14(2)21-24-9-10-27-21)11-17(13)20-25-12-16-7-8-23-19(22)18(16)26-20/h3,5,7-12,14H,1-2H3,(H2,22,23)/t14-/m0/s1. The van der Waals surface area contributed by atoms with E-state index in [9.17, 15) is 0 Å². The van der Waals surface area contributed by atoms with E-state index in [1.807, 2.05) is 36.6 Å². The molecule has 4 aromatic rings. The van der Waals surface area contributed by atoms with Gasteiger partial charge in [-0.05, 0) is 37.6 Å². The molecule has 0 saturated heterocycles. The molecule has 27 heavy (non-hydrogen) atoms. The number of fused-ring (bicyclic) bond motifs is 1. The number of nitrogens with zero attached hydrogens (tertiary/aromatic N) is 4. The fourth-order valence-electron chi connectivity index (χ4n) is 2.75. The van der Waals surface area contributed by atoms with Crippen molar-refractivity contribution in [2.45, 2.75) is 19.8 Å². The van der Waals surface area contributed by atoms with E-state index in [2.05, 4.69) is 38.7 Å². The van der Waals surface area contributed by atoms with Gasteiger partial charge in [-0.3, -0.25) is 0 Å². The lowest BCUT2D eigenvalue weighted by molar-refractivity contribution is 0.978. The van der Waals surface area contributed by atoms with Gasteiger partial charge in [0, 0.05) is 40.5 Å². The van der Waals surface area contributed by atoms with Crippen LogP contribution in [0.3, 0.4) is 0 Å². The lowest BCUT2D eigenvalue weighted by Crippen LogP contribution is -1.97. The van der Waals surface area contributed by atoms with Crippen LogP contribution in [0.4, 0.5) is 5.82 Å². The van der Waals surface area contributed by atoms with Crippen LogP contribution in [0.5, 0.6) is 0 Å². The maximum atomic E-state index is 5.97. The Morgan fingerprint density at radius 1 is 1.11 bits per heavy atom. The number of thiazole rings is 1. The molecule has 1 atom stereocenters. The highest BCUT2D eigenvalue weighted by molar-refractivity contribution is 7.09. The van der Waals surface area contributed by atoms with Crippen LogP contribution in [0.2, 0.25) is 0 Å².